The summed E-state index contributed by atoms with van der Waals surface area (Å²) in [6, 6.07) is 6.19. The number of fused-ring (bicyclic) bond motifs is 1. The predicted octanol–water partition coefficient (Wildman–Crippen LogP) is 4.74. The highest BCUT2D eigenvalue weighted by Crippen LogP contribution is 2.30. The van der Waals surface area contributed by atoms with Crippen LogP contribution in [0.3, 0.4) is 0 Å². The van der Waals surface area contributed by atoms with E-state index in [9.17, 15) is 4.79 Å². The molecule has 1 aliphatic rings. The Labute approximate surface area is 194 Å². The summed E-state index contributed by atoms with van der Waals surface area (Å²) in [7, 11) is 0. The number of rotatable bonds is 6. The lowest BCUT2D eigenvalue weighted by Gasteiger charge is -2.26. The van der Waals surface area contributed by atoms with E-state index in [2.05, 4.69) is 51.9 Å². The Morgan fingerprint density at radius 1 is 1.27 bits per heavy atom. The van der Waals surface area contributed by atoms with Gasteiger partial charge in [-0.15, -0.1) is 0 Å². The molecule has 1 amide bonds. The first kappa shape index (κ1) is 22.8. The summed E-state index contributed by atoms with van der Waals surface area (Å²) in [5.74, 6) is -0.169. The van der Waals surface area contributed by atoms with Crippen LogP contribution < -0.4 is 10.6 Å². The molecule has 0 saturated heterocycles. The highest BCUT2D eigenvalue weighted by atomic mass is 16.4. The van der Waals surface area contributed by atoms with Crippen molar-refractivity contribution in [2.45, 2.75) is 72.0 Å². The van der Waals surface area contributed by atoms with Crippen LogP contribution in [0.15, 0.2) is 35.7 Å². The van der Waals surface area contributed by atoms with E-state index < -0.39 is 0 Å². The molecule has 0 aliphatic heterocycles. The van der Waals surface area contributed by atoms with Gasteiger partial charge in [-0.1, -0.05) is 23.4 Å². The molecule has 0 bridgehead atoms. The highest BCUT2D eigenvalue weighted by Gasteiger charge is 2.24. The molecule has 0 spiro atoms. The van der Waals surface area contributed by atoms with E-state index in [1.807, 2.05) is 24.6 Å². The van der Waals surface area contributed by atoms with Crippen LogP contribution in [0.4, 0.5) is 5.69 Å². The molecule has 4 rings (SSSR count). The summed E-state index contributed by atoms with van der Waals surface area (Å²) < 4.78 is 1.83. The Morgan fingerprint density at radius 3 is 2.73 bits per heavy atom. The van der Waals surface area contributed by atoms with Gasteiger partial charge in [-0.3, -0.25) is 4.79 Å². The summed E-state index contributed by atoms with van der Waals surface area (Å²) in [6.45, 7) is 8.88. The van der Waals surface area contributed by atoms with Crippen molar-refractivity contribution in [3.63, 3.8) is 0 Å². The topological polar surface area (TPSA) is 104 Å². The third-order valence-electron chi connectivity index (χ3n) is 6.72. The number of pyridine rings is 1. The molecule has 1 aliphatic carbocycles. The Bertz CT molecular complexity index is 1190. The first-order chi connectivity index (χ1) is 15.9. The first-order valence-electron chi connectivity index (χ1n) is 11.6. The first-order valence-corrected chi connectivity index (χ1v) is 11.6. The number of nitrogens with one attached hydrogen (secondary N) is 2. The maximum absolute atomic E-state index is 13.4. The smallest absolute Gasteiger partial charge is 0.255 e. The molecule has 0 radical (unpaired) electrons. The van der Waals surface area contributed by atoms with Gasteiger partial charge >= 0.3 is 0 Å². The molecule has 3 N–H and O–H groups in total. The zero-order valence-corrected chi connectivity index (χ0v) is 19.7. The van der Waals surface area contributed by atoms with Crippen molar-refractivity contribution < 1.29 is 10.0 Å². The highest BCUT2D eigenvalue weighted by molar-refractivity contribution is 6.06. The Morgan fingerprint density at radius 2 is 2.03 bits per heavy atom. The second kappa shape index (κ2) is 9.60. The Balaban J connectivity index is 1.65. The van der Waals surface area contributed by atoms with Gasteiger partial charge < -0.3 is 15.8 Å². The molecular weight excluding hydrogens is 416 g/mol. The number of hydrogen-bond acceptors (Lipinski definition) is 6. The largest absolute Gasteiger partial charge is 0.411 e. The van der Waals surface area contributed by atoms with Crippen molar-refractivity contribution in [3.05, 3.63) is 52.8 Å². The van der Waals surface area contributed by atoms with Gasteiger partial charge in [-0.25, -0.2) is 9.67 Å². The molecule has 1 fully saturated rings. The van der Waals surface area contributed by atoms with E-state index >= 15 is 0 Å². The monoisotopic (exact) mass is 448 g/mol. The molecule has 2 heterocycles. The van der Waals surface area contributed by atoms with Gasteiger partial charge in [0.1, 0.15) is 0 Å². The lowest BCUT2D eigenvalue weighted by atomic mass is 9.93. The van der Waals surface area contributed by atoms with Gasteiger partial charge in [0.05, 0.1) is 34.6 Å². The fourth-order valence-electron chi connectivity index (χ4n) is 4.58. The van der Waals surface area contributed by atoms with Crippen molar-refractivity contribution >= 4 is 28.3 Å². The van der Waals surface area contributed by atoms with Crippen molar-refractivity contribution in [1.82, 2.24) is 20.1 Å². The number of oxime groups is 1. The molecule has 1 unspecified atom stereocenters. The number of benzene rings is 1. The predicted molar refractivity (Wildman–Crippen MR) is 130 cm³/mol. The maximum atomic E-state index is 13.4. The number of aryl methyl sites for hydroxylation is 2. The molecule has 1 saturated carbocycles. The molecule has 1 aromatic carbocycles. The van der Waals surface area contributed by atoms with E-state index in [1.54, 1.807) is 12.4 Å². The van der Waals surface area contributed by atoms with E-state index in [0.717, 1.165) is 53.7 Å². The van der Waals surface area contributed by atoms with Crippen LogP contribution in [0.5, 0.6) is 0 Å². The average Bonchev–Trinajstić information content (AvgIpc) is 3.25. The molecule has 8 heteroatoms. The Kier molecular flexibility index (Phi) is 6.62. The summed E-state index contributed by atoms with van der Waals surface area (Å²) in [4.78, 5) is 18.0. The van der Waals surface area contributed by atoms with Crippen molar-refractivity contribution in [3.8, 4) is 0 Å². The van der Waals surface area contributed by atoms with Crippen LogP contribution in [-0.2, 0) is 6.54 Å². The molecule has 2 aromatic heterocycles. The maximum Gasteiger partial charge on any atom is 0.255 e. The standard InChI is InChI=1S/C25H32N6O2/c1-5-31-24-21(14-27-31)23(29-18-9-11-19(30-33)12-10-18)22(13-26-24)25(32)28-17(4)20-8-6-7-15(2)16(20)3/h6-8,13-14,17-18,33H,5,9-12H2,1-4H3,(H,26,29)(H,28,32). The fraction of sp³-hybridized carbons (Fsp3) is 0.440. The third kappa shape index (κ3) is 4.55. The van der Waals surface area contributed by atoms with E-state index in [1.165, 1.54) is 11.1 Å². The zero-order chi connectivity index (χ0) is 23.5. The number of aromatic nitrogens is 3. The third-order valence-corrected chi connectivity index (χ3v) is 6.72. The van der Waals surface area contributed by atoms with Crippen LogP contribution in [0.1, 0.15) is 72.6 Å². The minimum absolute atomic E-state index is 0.141. The molecule has 33 heavy (non-hydrogen) atoms. The van der Waals surface area contributed by atoms with Crippen LogP contribution in [0, 0.1) is 13.8 Å². The molecule has 3 aromatic rings. The summed E-state index contributed by atoms with van der Waals surface area (Å²) in [5.41, 5.74) is 6.35. The van der Waals surface area contributed by atoms with Crippen LogP contribution in [-0.4, -0.2) is 37.6 Å². The summed E-state index contributed by atoms with van der Waals surface area (Å²) >= 11 is 0. The van der Waals surface area contributed by atoms with Gasteiger partial charge in [0.15, 0.2) is 5.65 Å². The van der Waals surface area contributed by atoms with Crippen molar-refractivity contribution in [1.29, 1.82) is 0 Å². The summed E-state index contributed by atoms with van der Waals surface area (Å²) in [6.07, 6.45) is 6.58. The van der Waals surface area contributed by atoms with Crippen LogP contribution >= 0.6 is 0 Å². The second-order valence-electron chi connectivity index (χ2n) is 8.81. The zero-order valence-electron chi connectivity index (χ0n) is 19.7. The molecular formula is C25H32N6O2. The van der Waals surface area contributed by atoms with Gasteiger partial charge in [-0.2, -0.15) is 5.10 Å². The van der Waals surface area contributed by atoms with E-state index in [4.69, 9.17) is 5.21 Å². The average molecular weight is 449 g/mol. The number of nitrogens with zero attached hydrogens (tertiary/aromatic N) is 4. The fourth-order valence-corrected chi connectivity index (χ4v) is 4.58. The minimum atomic E-state index is -0.169. The number of hydrogen-bond donors (Lipinski definition) is 3. The van der Waals surface area contributed by atoms with Crippen molar-refractivity contribution in [2.75, 3.05) is 5.32 Å². The van der Waals surface area contributed by atoms with Crippen molar-refractivity contribution in [2.24, 2.45) is 5.16 Å². The van der Waals surface area contributed by atoms with Crippen LogP contribution in [0.25, 0.3) is 11.0 Å². The normalized spacial score (nSPS) is 17.1. The number of carbonyl (C=O) groups is 1. The lowest BCUT2D eigenvalue weighted by Crippen LogP contribution is -2.31. The quantitative estimate of drug-likeness (QED) is 0.373. The summed E-state index contributed by atoms with van der Waals surface area (Å²) in [5, 5.41) is 24.5. The van der Waals surface area contributed by atoms with Gasteiger partial charge in [0.2, 0.25) is 0 Å². The SMILES string of the molecule is CCn1ncc2c(NC3CCC(=NO)CC3)c(C(=O)NC(C)c3cccc(C)c3C)cnc21. The van der Waals surface area contributed by atoms with E-state index in [0.29, 0.717) is 12.1 Å². The molecule has 8 nitrogen and oxygen atoms in total. The molecule has 1 atom stereocenters. The lowest BCUT2D eigenvalue weighted by molar-refractivity contribution is 0.0940. The molecule has 174 valence electrons. The Hall–Kier alpha value is -3.42. The van der Waals surface area contributed by atoms with E-state index in [-0.39, 0.29) is 18.0 Å². The number of amides is 1. The van der Waals surface area contributed by atoms with Gasteiger partial charge in [0.25, 0.3) is 5.91 Å². The van der Waals surface area contributed by atoms with Crippen LogP contribution in [0.2, 0.25) is 0 Å². The van der Waals surface area contributed by atoms with Gasteiger partial charge in [-0.05, 0) is 70.1 Å². The number of carbonyl (C=O) groups excluding carboxylic acids is 1. The second-order valence-corrected chi connectivity index (χ2v) is 8.81. The minimum Gasteiger partial charge on any atom is -0.411 e. The number of anilines is 1. The van der Waals surface area contributed by atoms with Gasteiger partial charge in [0, 0.05) is 18.8 Å².